The topological polar surface area (TPSA) is 55.1 Å². The highest BCUT2D eigenvalue weighted by Crippen LogP contribution is 2.17. The molecule has 3 N–H and O–H groups in total. The van der Waals surface area contributed by atoms with E-state index in [-0.39, 0.29) is 11.9 Å². The molecule has 2 atom stereocenters. The maximum Gasteiger partial charge on any atom is 0.237 e. The van der Waals surface area contributed by atoms with Gasteiger partial charge >= 0.3 is 0 Å². The fourth-order valence-corrected chi connectivity index (χ4v) is 2.71. The van der Waals surface area contributed by atoms with Crippen LogP contribution in [0.5, 0.6) is 0 Å². The highest BCUT2D eigenvalue weighted by atomic mass is 79.9. The van der Waals surface area contributed by atoms with Crippen molar-refractivity contribution in [1.82, 2.24) is 5.32 Å². The van der Waals surface area contributed by atoms with E-state index in [1.807, 2.05) is 31.4 Å². The third kappa shape index (κ3) is 5.97. The summed E-state index contributed by atoms with van der Waals surface area (Å²) < 4.78 is 1.07. The molecular formula is C14H21BrN2OS. The summed E-state index contributed by atoms with van der Waals surface area (Å²) in [4.78, 5) is 11.9. The molecule has 106 valence electrons. The van der Waals surface area contributed by atoms with Gasteiger partial charge in [0.1, 0.15) is 0 Å². The third-order valence-electron chi connectivity index (χ3n) is 2.84. The van der Waals surface area contributed by atoms with Gasteiger partial charge in [0.2, 0.25) is 5.91 Å². The number of nitrogens with two attached hydrogens (primary N) is 1. The zero-order chi connectivity index (χ0) is 14.3. The molecule has 0 aliphatic heterocycles. The van der Waals surface area contributed by atoms with Gasteiger partial charge < -0.3 is 11.1 Å². The predicted molar refractivity (Wildman–Crippen MR) is 86.4 cm³/mol. The smallest absolute Gasteiger partial charge is 0.237 e. The minimum absolute atomic E-state index is 0.0615. The Hall–Kier alpha value is -0.520. The van der Waals surface area contributed by atoms with Crippen LogP contribution in [0.3, 0.4) is 0 Å². The van der Waals surface area contributed by atoms with Crippen molar-refractivity contribution in [2.45, 2.75) is 31.8 Å². The minimum atomic E-state index is -0.408. The van der Waals surface area contributed by atoms with E-state index in [1.54, 1.807) is 11.8 Å². The molecule has 1 unspecified atom stereocenters. The maximum atomic E-state index is 11.9. The lowest BCUT2D eigenvalue weighted by Gasteiger charge is -2.18. The molecular weight excluding hydrogens is 324 g/mol. The molecule has 0 spiro atoms. The Morgan fingerprint density at radius 3 is 2.79 bits per heavy atom. The van der Waals surface area contributed by atoms with Gasteiger partial charge in [0.05, 0.1) is 6.04 Å². The van der Waals surface area contributed by atoms with Gasteiger partial charge in [-0.05, 0) is 43.4 Å². The van der Waals surface area contributed by atoms with Gasteiger partial charge in [-0.2, -0.15) is 11.8 Å². The standard InChI is InChI=1S/C14H21BrN2OS/c1-10(9-11-5-3-4-6-12(11)15)17-14(18)13(16)7-8-19-2/h3-6,10,13H,7-9,16H2,1-2H3,(H,17,18)/t10?,13-/m0/s1. The van der Waals surface area contributed by atoms with Gasteiger partial charge in [0, 0.05) is 10.5 Å². The van der Waals surface area contributed by atoms with E-state index in [0.717, 1.165) is 23.1 Å². The van der Waals surface area contributed by atoms with E-state index >= 15 is 0 Å². The molecule has 0 aromatic heterocycles. The van der Waals surface area contributed by atoms with Crippen molar-refractivity contribution in [1.29, 1.82) is 0 Å². The van der Waals surface area contributed by atoms with Crippen molar-refractivity contribution in [3.05, 3.63) is 34.3 Å². The van der Waals surface area contributed by atoms with Crippen molar-refractivity contribution in [3.63, 3.8) is 0 Å². The largest absolute Gasteiger partial charge is 0.352 e. The normalized spacial score (nSPS) is 13.9. The number of thioether (sulfide) groups is 1. The van der Waals surface area contributed by atoms with Crippen LogP contribution < -0.4 is 11.1 Å². The molecule has 0 heterocycles. The molecule has 1 aromatic carbocycles. The average Bonchev–Trinajstić information content (AvgIpc) is 2.38. The number of nitrogens with one attached hydrogen (secondary N) is 1. The number of hydrogen-bond acceptors (Lipinski definition) is 3. The van der Waals surface area contributed by atoms with E-state index in [9.17, 15) is 4.79 Å². The van der Waals surface area contributed by atoms with Crippen LogP contribution >= 0.6 is 27.7 Å². The first kappa shape index (κ1) is 16.5. The summed E-state index contributed by atoms with van der Waals surface area (Å²) in [7, 11) is 0. The zero-order valence-electron chi connectivity index (χ0n) is 11.4. The van der Waals surface area contributed by atoms with Crippen LogP contribution in [0.25, 0.3) is 0 Å². The van der Waals surface area contributed by atoms with Gasteiger partial charge in [-0.3, -0.25) is 4.79 Å². The van der Waals surface area contributed by atoms with Crippen molar-refractivity contribution in [2.75, 3.05) is 12.0 Å². The van der Waals surface area contributed by atoms with E-state index < -0.39 is 6.04 Å². The molecule has 3 nitrogen and oxygen atoms in total. The van der Waals surface area contributed by atoms with Gasteiger partial charge in [-0.25, -0.2) is 0 Å². The summed E-state index contributed by atoms with van der Waals surface area (Å²) in [6, 6.07) is 7.71. The monoisotopic (exact) mass is 344 g/mol. The first-order valence-electron chi connectivity index (χ1n) is 6.33. The first-order chi connectivity index (χ1) is 9.04. The van der Waals surface area contributed by atoms with Gasteiger partial charge in [-0.1, -0.05) is 34.1 Å². The number of rotatable bonds is 7. The lowest BCUT2D eigenvalue weighted by Crippen LogP contribution is -2.45. The third-order valence-corrected chi connectivity index (χ3v) is 4.26. The minimum Gasteiger partial charge on any atom is -0.352 e. The lowest BCUT2D eigenvalue weighted by atomic mass is 10.1. The second-order valence-corrected chi connectivity index (χ2v) is 6.43. The van der Waals surface area contributed by atoms with E-state index in [1.165, 1.54) is 5.56 Å². The molecule has 1 aromatic rings. The number of hydrogen-bond donors (Lipinski definition) is 2. The summed E-state index contributed by atoms with van der Waals surface area (Å²) in [5.74, 6) is 0.848. The molecule has 0 aliphatic rings. The number of carbonyl (C=O) groups excluding carboxylic acids is 1. The van der Waals surface area contributed by atoms with E-state index in [2.05, 4.69) is 27.3 Å². The van der Waals surface area contributed by atoms with Gasteiger partial charge in [-0.15, -0.1) is 0 Å². The number of benzene rings is 1. The van der Waals surface area contributed by atoms with Crippen molar-refractivity contribution in [2.24, 2.45) is 5.73 Å². The van der Waals surface area contributed by atoms with Crippen molar-refractivity contribution >= 4 is 33.6 Å². The molecule has 1 amide bonds. The molecule has 0 saturated carbocycles. The van der Waals surface area contributed by atoms with Crippen LogP contribution in [0, 0.1) is 0 Å². The molecule has 0 fully saturated rings. The number of amides is 1. The SMILES string of the molecule is CSCC[C@H](N)C(=O)NC(C)Cc1ccccc1Br. The Kier molecular flexibility index (Phi) is 7.49. The maximum absolute atomic E-state index is 11.9. The van der Waals surface area contributed by atoms with Crippen molar-refractivity contribution < 1.29 is 4.79 Å². The quantitative estimate of drug-likeness (QED) is 0.799. The Morgan fingerprint density at radius 1 is 1.47 bits per heavy atom. The molecule has 5 heteroatoms. The summed E-state index contributed by atoms with van der Waals surface area (Å²) in [6.45, 7) is 2.00. The van der Waals surface area contributed by atoms with Crippen LogP contribution in [0.15, 0.2) is 28.7 Å². The lowest BCUT2D eigenvalue weighted by molar-refractivity contribution is -0.122. The molecule has 0 aliphatic carbocycles. The number of carbonyl (C=O) groups is 1. The summed E-state index contributed by atoms with van der Waals surface area (Å²) in [5, 5.41) is 2.97. The van der Waals surface area contributed by atoms with Crippen LogP contribution in [-0.2, 0) is 11.2 Å². The second-order valence-electron chi connectivity index (χ2n) is 4.59. The molecule has 0 saturated heterocycles. The fourth-order valence-electron chi connectivity index (χ4n) is 1.77. The summed E-state index contributed by atoms with van der Waals surface area (Å²) in [5.41, 5.74) is 7.03. The fraction of sp³-hybridized carbons (Fsp3) is 0.500. The highest BCUT2D eigenvalue weighted by Gasteiger charge is 2.15. The van der Waals surface area contributed by atoms with E-state index in [0.29, 0.717) is 0 Å². The average molecular weight is 345 g/mol. The Bertz CT molecular complexity index is 414. The summed E-state index contributed by atoms with van der Waals surface area (Å²) in [6.07, 6.45) is 3.53. The van der Waals surface area contributed by atoms with Gasteiger partial charge in [0.15, 0.2) is 0 Å². The van der Waals surface area contributed by atoms with Gasteiger partial charge in [0.25, 0.3) is 0 Å². The highest BCUT2D eigenvalue weighted by molar-refractivity contribution is 9.10. The van der Waals surface area contributed by atoms with Crippen LogP contribution in [0.1, 0.15) is 18.9 Å². The zero-order valence-corrected chi connectivity index (χ0v) is 13.8. The Balaban J connectivity index is 2.45. The Morgan fingerprint density at radius 2 is 2.16 bits per heavy atom. The second kappa shape index (κ2) is 8.61. The summed E-state index contributed by atoms with van der Waals surface area (Å²) >= 11 is 5.22. The van der Waals surface area contributed by atoms with Crippen molar-refractivity contribution in [3.8, 4) is 0 Å². The Labute approximate surface area is 127 Å². The molecule has 1 rings (SSSR count). The molecule has 19 heavy (non-hydrogen) atoms. The predicted octanol–water partition coefficient (Wildman–Crippen LogP) is 2.58. The van der Waals surface area contributed by atoms with Crippen LogP contribution in [-0.4, -0.2) is 30.0 Å². The number of halogens is 1. The molecule has 0 radical (unpaired) electrons. The molecule has 0 bridgehead atoms. The first-order valence-corrected chi connectivity index (χ1v) is 8.51. The van der Waals surface area contributed by atoms with Crippen LogP contribution in [0.2, 0.25) is 0 Å². The van der Waals surface area contributed by atoms with E-state index in [4.69, 9.17) is 5.73 Å². The van der Waals surface area contributed by atoms with Crippen LogP contribution in [0.4, 0.5) is 0 Å².